The lowest BCUT2D eigenvalue weighted by molar-refractivity contribution is 1.30. The van der Waals surface area contributed by atoms with E-state index in [-0.39, 0.29) is 0 Å². The fourth-order valence-electron chi connectivity index (χ4n) is 5.62. The van der Waals surface area contributed by atoms with Gasteiger partial charge in [-0.2, -0.15) is 0 Å². The van der Waals surface area contributed by atoms with Gasteiger partial charge in [0.25, 0.3) is 0 Å². The molecule has 0 radical (unpaired) electrons. The lowest BCUT2D eigenvalue weighted by Crippen LogP contribution is -2.10. The van der Waals surface area contributed by atoms with Crippen LogP contribution in [0.2, 0.25) is 0 Å². The Hall–Kier alpha value is -5.14. The molecule has 7 aromatic carbocycles. The minimum atomic E-state index is 1.14. The summed E-state index contributed by atoms with van der Waals surface area (Å²) >= 11 is 0. The highest BCUT2D eigenvalue weighted by Crippen LogP contribution is 2.42. The van der Waals surface area contributed by atoms with Crippen molar-refractivity contribution >= 4 is 38.6 Å². The van der Waals surface area contributed by atoms with E-state index in [1.165, 1.54) is 43.8 Å². The lowest BCUT2D eigenvalue weighted by atomic mass is 9.92. The molecule has 0 aliphatic carbocycles. The Kier molecular flexibility index (Phi) is 5.88. The Morgan fingerprint density at radius 1 is 0.333 bits per heavy atom. The molecular weight excluding hydrogens is 470 g/mol. The number of hydrogen-bond donors (Lipinski definition) is 0. The summed E-state index contributed by atoms with van der Waals surface area (Å²) in [5, 5.41) is 4.98. The largest absolute Gasteiger partial charge is 0.310 e. The summed E-state index contributed by atoms with van der Waals surface area (Å²) in [6, 6.07) is 58.6. The molecule has 0 aliphatic rings. The number of hydrogen-bond acceptors (Lipinski definition) is 1. The van der Waals surface area contributed by atoms with E-state index in [9.17, 15) is 0 Å². The van der Waals surface area contributed by atoms with Crippen LogP contribution in [0.3, 0.4) is 0 Å². The van der Waals surface area contributed by atoms with Gasteiger partial charge in [-0.1, -0.05) is 127 Å². The van der Waals surface area contributed by atoms with Gasteiger partial charge in [-0.15, -0.1) is 0 Å². The maximum atomic E-state index is 2.35. The molecule has 0 aromatic heterocycles. The van der Waals surface area contributed by atoms with Crippen molar-refractivity contribution in [3.05, 3.63) is 164 Å². The summed E-state index contributed by atoms with van der Waals surface area (Å²) in [4.78, 5) is 2.35. The minimum Gasteiger partial charge on any atom is -0.310 e. The standard InChI is InChI=1S/C38H27N/c1-4-13-28(14-5-1)33-22-12-15-29-23-24-30(27-37(29)33)34-25-26-38(36-21-11-10-20-35(34)36)39(31-16-6-2-7-17-31)32-18-8-3-9-19-32/h1-27H. The van der Waals surface area contributed by atoms with Crippen molar-refractivity contribution in [2.24, 2.45) is 0 Å². The second-order valence-electron chi connectivity index (χ2n) is 9.79. The van der Waals surface area contributed by atoms with Crippen LogP contribution in [-0.2, 0) is 0 Å². The molecule has 0 N–H and O–H groups in total. The second kappa shape index (κ2) is 9.96. The zero-order chi connectivity index (χ0) is 26.0. The smallest absolute Gasteiger partial charge is 0.0540 e. The first-order valence-electron chi connectivity index (χ1n) is 13.4. The van der Waals surface area contributed by atoms with Crippen LogP contribution in [0.15, 0.2) is 164 Å². The molecule has 0 fully saturated rings. The first-order chi connectivity index (χ1) is 19.4. The summed E-state index contributed by atoms with van der Waals surface area (Å²) in [5.74, 6) is 0. The Morgan fingerprint density at radius 3 is 1.62 bits per heavy atom. The molecule has 7 aromatic rings. The van der Waals surface area contributed by atoms with E-state index < -0.39 is 0 Å². The first kappa shape index (κ1) is 23.0. The SMILES string of the molecule is c1ccc(-c2cccc3ccc(-c4ccc(N(c5ccccc5)c5ccccc5)c5ccccc45)cc23)cc1. The highest BCUT2D eigenvalue weighted by Gasteiger charge is 2.17. The van der Waals surface area contributed by atoms with Crippen LogP contribution in [0.5, 0.6) is 0 Å². The van der Waals surface area contributed by atoms with Gasteiger partial charge in [0.2, 0.25) is 0 Å². The molecule has 0 atom stereocenters. The number of para-hydroxylation sites is 2. The van der Waals surface area contributed by atoms with E-state index in [2.05, 4.69) is 169 Å². The molecule has 184 valence electrons. The van der Waals surface area contributed by atoms with Crippen LogP contribution in [-0.4, -0.2) is 0 Å². The second-order valence-corrected chi connectivity index (χ2v) is 9.79. The topological polar surface area (TPSA) is 3.24 Å². The predicted molar refractivity (Wildman–Crippen MR) is 167 cm³/mol. The van der Waals surface area contributed by atoms with Gasteiger partial charge >= 0.3 is 0 Å². The highest BCUT2D eigenvalue weighted by molar-refractivity contribution is 6.08. The van der Waals surface area contributed by atoms with Crippen LogP contribution in [0.4, 0.5) is 17.1 Å². The van der Waals surface area contributed by atoms with Crippen molar-refractivity contribution in [3.8, 4) is 22.3 Å². The molecule has 0 bridgehead atoms. The molecule has 0 spiro atoms. The molecule has 1 heteroatoms. The molecule has 0 saturated heterocycles. The molecule has 0 unspecified atom stereocenters. The summed E-state index contributed by atoms with van der Waals surface area (Å²) in [6.45, 7) is 0. The Bertz CT molecular complexity index is 1850. The van der Waals surface area contributed by atoms with Crippen molar-refractivity contribution < 1.29 is 0 Å². The monoisotopic (exact) mass is 497 g/mol. The summed E-state index contributed by atoms with van der Waals surface area (Å²) in [7, 11) is 0. The number of benzene rings is 7. The molecule has 0 heterocycles. The molecule has 0 saturated carbocycles. The normalized spacial score (nSPS) is 11.1. The van der Waals surface area contributed by atoms with E-state index in [0.717, 1.165) is 17.1 Å². The third-order valence-electron chi connectivity index (χ3n) is 7.45. The molecule has 39 heavy (non-hydrogen) atoms. The number of nitrogens with zero attached hydrogens (tertiary/aromatic N) is 1. The van der Waals surface area contributed by atoms with Gasteiger partial charge in [-0.25, -0.2) is 0 Å². The number of rotatable bonds is 5. The average Bonchev–Trinajstić information content (AvgIpc) is 3.02. The Balaban J connectivity index is 1.43. The van der Waals surface area contributed by atoms with Gasteiger partial charge in [0.05, 0.1) is 5.69 Å². The van der Waals surface area contributed by atoms with Crippen molar-refractivity contribution in [3.63, 3.8) is 0 Å². The van der Waals surface area contributed by atoms with Crippen molar-refractivity contribution in [2.75, 3.05) is 4.90 Å². The maximum absolute atomic E-state index is 2.35. The summed E-state index contributed by atoms with van der Waals surface area (Å²) < 4.78 is 0. The molecule has 1 nitrogen and oxygen atoms in total. The molecular formula is C38H27N. The fraction of sp³-hybridized carbons (Fsp3) is 0. The number of anilines is 3. The van der Waals surface area contributed by atoms with Gasteiger partial charge < -0.3 is 4.90 Å². The Labute approximate surface area is 229 Å². The van der Waals surface area contributed by atoms with E-state index in [1.54, 1.807) is 0 Å². The van der Waals surface area contributed by atoms with Crippen LogP contribution >= 0.6 is 0 Å². The van der Waals surface area contributed by atoms with E-state index >= 15 is 0 Å². The molecule has 0 aliphatic heterocycles. The fourth-order valence-corrected chi connectivity index (χ4v) is 5.62. The van der Waals surface area contributed by atoms with Crippen LogP contribution in [0.25, 0.3) is 43.8 Å². The number of fused-ring (bicyclic) bond motifs is 2. The van der Waals surface area contributed by atoms with Gasteiger partial charge in [0, 0.05) is 16.8 Å². The first-order valence-corrected chi connectivity index (χ1v) is 13.4. The van der Waals surface area contributed by atoms with Gasteiger partial charge in [0.15, 0.2) is 0 Å². The highest BCUT2D eigenvalue weighted by atomic mass is 15.1. The van der Waals surface area contributed by atoms with Crippen LogP contribution < -0.4 is 4.90 Å². The van der Waals surface area contributed by atoms with E-state index in [0.29, 0.717) is 0 Å². The average molecular weight is 498 g/mol. The molecule has 7 rings (SSSR count). The van der Waals surface area contributed by atoms with E-state index in [4.69, 9.17) is 0 Å². The zero-order valence-electron chi connectivity index (χ0n) is 21.5. The van der Waals surface area contributed by atoms with Crippen LogP contribution in [0.1, 0.15) is 0 Å². The predicted octanol–water partition coefficient (Wildman–Crippen LogP) is 10.8. The van der Waals surface area contributed by atoms with Crippen LogP contribution in [0, 0.1) is 0 Å². The van der Waals surface area contributed by atoms with Crippen molar-refractivity contribution in [2.45, 2.75) is 0 Å². The third-order valence-corrected chi connectivity index (χ3v) is 7.45. The zero-order valence-corrected chi connectivity index (χ0v) is 21.5. The van der Waals surface area contributed by atoms with E-state index in [1.807, 2.05) is 0 Å². The van der Waals surface area contributed by atoms with Crippen molar-refractivity contribution in [1.82, 2.24) is 0 Å². The van der Waals surface area contributed by atoms with Gasteiger partial charge in [-0.3, -0.25) is 0 Å². The summed E-state index contributed by atoms with van der Waals surface area (Å²) in [6.07, 6.45) is 0. The third kappa shape index (κ3) is 4.24. The van der Waals surface area contributed by atoms with Crippen molar-refractivity contribution in [1.29, 1.82) is 0 Å². The quantitative estimate of drug-likeness (QED) is 0.229. The van der Waals surface area contributed by atoms with Gasteiger partial charge in [0.1, 0.15) is 0 Å². The lowest BCUT2D eigenvalue weighted by Gasteiger charge is -2.27. The Morgan fingerprint density at radius 2 is 0.923 bits per heavy atom. The minimum absolute atomic E-state index is 1.14. The van der Waals surface area contributed by atoms with Gasteiger partial charge in [-0.05, 0) is 74.8 Å². The summed E-state index contributed by atoms with van der Waals surface area (Å²) in [5.41, 5.74) is 8.40. The molecule has 0 amide bonds. The maximum Gasteiger partial charge on any atom is 0.0540 e.